The number of nitrogens with zero attached hydrogens (tertiary/aromatic N) is 1. The van der Waals surface area contributed by atoms with Gasteiger partial charge in [-0.15, -0.1) is 22.9 Å². The maximum Gasteiger partial charge on any atom is 0.264 e. The number of rotatable bonds is 5. The summed E-state index contributed by atoms with van der Waals surface area (Å²) in [5.41, 5.74) is 1.13. The van der Waals surface area contributed by atoms with Crippen molar-refractivity contribution in [2.45, 2.75) is 38.6 Å². The van der Waals surface area contributed by atoms with Crippen LogP contribution in [0.5, 0.6) is 0 Å². The number of carbonyl (C=O) groups excluding carboxylic acids is 1. The number of carbonyl (C=O) groups is 1. The molecule has 100 valence electrons. The molecule has 0 spiro atoms. The zero-order valence-electron chi connectivity index (χ0n) is 10.4. The third-order valence-electron chi connectivity index (χ3n) is 3.38. The van der Waals surface area contributed by atoms with E-state index < -0.39 is 0 Å². The van der Waals surface area contributed by atoms with Gasteiger partial charge in [-0.05, 0) is 60.2 Å². The molecule has 1 heterocycles. The molecule has 0 aromatic carbocycles. The van der Waals surface area contributed by atoms with Crippen molar-refractivity contribution in [1.29, 1.82) is 0 Å². The predicted molar refractivity (Wildman–Crippen MR) is 80.8 cm³/mol. The van der Waals surface area contributed by atoms with Gasteiger partial charge in [-0.3, -0.25) is 4.79 Å². The molecule has 1 aliphatic carbocycles. The topological polar surface area (TPSA) is 20.3 Å². The highest BCUT2D eigenvalue weighted by molar-refractivity contribution is 9.11. The van der Waals surface area contributed by atoms with Crippen LogP contribution in [0.15, 0.2) is 9.85 Å². The van der Waals surface area contributed by atoms with Crippen molar-refractivity contribution in [2.24, 2.45) is 0 Å². The third-order valence-corrected chi connectivity index (χ3v) is 5.77. The fraction of sp³-hybridized carbons (Fsp3) is 0.615. The summed E-state index contributed by atoms with van der Waals surface area (Å²) in [6, 6.07) is 2.41. The average molecular weight is 351 g/mol. The Hall–Kier alpha value is -0.0600. The van der Waals surface area contributed by atoms with Crippen molar-refractivity contribution in [3.8, 4) is 0 Å². The minimum Gasteiger partial charge on any atom is -0.335 e. The average Bonchev–Trinajstić information content (AvgIpc) is 2.61. The lowest BCUT2D eigenvalue weighted by Crippen LogP contribution is -2.44. The molecule has 18 heavy (non-hydrogen) atoms. The van der Waals surface area contributed by atoms with E-state index in [0.29, 0.717) is 11.9 Å². The summed E-state index contributed by atoms with van der Waals surface area (Å²) >= 11 is 10.8. The Morgan fingerprint density at radius 1 is 1.61 bits per heavy atom. The number of halogens is 2. The molecule has 0 bridgehead atoms. The van der Waals surface area contributed by atoms with Crippen molar-refractivity contribution in [1.82, 2.24) is 4.90 Å². The van der Waals surface area contributed by atoms with E-state index in [1.54, 1.807) is 0 Å². The molecular weight excluding hydrogens is 334 g/mol. The maximum atomic E-state index is 12.5. The number of hydrogen-bond acceptors (Lipinski definition) is 2. The smallest absolute Gasteiger partial charge is 0.264 e. The summed E-state index contributed by atoms with van der Waals surface area (Å²) in [6.45, 7) is 2.80. The lowest BCUT2D eigenvalue weighted by molar-refractivity contribution is 0.0586. The van der Waals surface area contributed by atoms with Gasteiger partial charge in [0.25, 0.3) is 5.91 Å². The first-order valence-corrected chi connectivity index (χ1v) is 8.40. The highest BCUT2D eigenvalue weighted by Crippen LogP contribution is 2.31. The van der Waals surface area contributed by atoms with Crippen LogP contribution in [-0.4, -0.2) is 29.3 Å². The zero-order chi connectivity index (χ0) is 13.1. The first-order chi connectivity index (χ1) is 8.63. The van der Waals surface area contributed by atoms with Gasteiger partial charge in [0, 0.05) is 18.5 Å². The Kier molecular flexibility index (Phi) is 5.10. The molecule has 0 N–H and O–H groups in total. The van der Waals surface area contributed by atoms with Crippen LogP contribution in [0.2, 0.25) is 0 Å². The Morgan fingerprint density at radius 3 is 2.78 bits per heavy atom. The minimum atomic E-state index is 0.170. The Morgan fingerprint density at radius 2 is 2.33 bits per heavy atom. The van der Waals surface area contributed by atoms with Crippen LogP contribution in [-0.2, 0) is 0 Å². The van der Waals surface area contributed by atoms with Crippen LogP contribution in [0.4, 0.5) is 0 Å². The molecule has 0 aliphatic heterocycles. The van der Waals surface area contributed by atoms with E-state index in [1.807, 2.05) is 17.9 Å². The quantitative estimate of drug-likeness (QED) is 0.719. The van der Waals surface area contributed by atoms with E-state index in [4.69, 9.17) is 11.6 Å². The SMILES string of the molecule is Cc1cc(C(=O)N(CCCCl)C2CCC2)sc1Br. The van der Waals surface area contributed by atoms with Crippen molar-refractivity contribution < 1.29 is 4.79 Å². The van der Waals surface area contributed by atoms with E-state index in [1.165, 1.54) is 17.8 Å². The molecule has 1 aromatic heterocycles. The lowest BCUT2D eigenvalue weighted by Gasteiger charge is -2.37. The summed E-state index contributed by atoms with van der Waals surface area (Å²) in [4.78, 5) is 15.4. The molecule has 0 unspecified atom stereocenters. The van der Waals surface area contributed by atoms with Crippen LogP contribution in [0.25, 0.3) is 0 Å². The zero-order valence-corrected chi connectivity index (χ0v) is 13.6. The predicted octanol–water partition coefficient (Wildman–Crippen LogP) is 4.44. The van der Waals surface area contributed by atoms with Gasteiger partial charge in [-0.2, -0.15) is 0 Å². The molecule has 0 atom stereocenters. The van der Waals surface area contributed by atoms with Gasteiger partial charge in [0.2, 0.25) is 0 Å². The molecule has 2 rings (SSSR count). The fourth-order valence-electron chi connectivity index (χ4n) is 2.09. The highest BCUT2D eigenvalue weighted by atomic mass is 79.9. The molecule has 2 nitrogen and oxygen atoms in total. The monoisotopic (exact) mass is 349 g/mol. The summed E-state index contributed by atoms with van der Waals surface area (Å²) in [5.74, 6) is 0.785. The van der Waals surface area contributed by atoms with Gasteiger partial charge in [0.1, 0.15) is 0 Å². The number of amides is 1. The second-order valence-corrected chi connectivity index (χ2v) is 7.44. The van der Waals surface area contributed by atoms with Gasteiger partial charge >= 0.3 is 0 Å². The van der Waals surface area contributed by atoms with E-state index in [-0.39, 0.29) is 5.91 Å². The maximum absolute atomic E-state index is 12.5. The van der Waals surface area contributed by atoms with Gasteiger partial charge in [-0.25, -0.2) is 0 Å². The molecule has 1 amide bonds. The molecule has 5 heteroatoms. The van der Waals surface area contributed by atoms with Crippen molar-refractivity contribution in [3.05, 3.63) is 20.3 Å². The van der Waals surface area contributed by atoms with Crippen LogP contribution in [0, 0.1) is 6.92 Å². The van der Waals surface area contributed by atoms with E-state index in [2.05, 4.69) is 15.9 Å². The van der Waals surface area contributed by atoms with E-state index >= 15 is 0 Å². The van der Waals surface area contributed by atoms with Gasteiger partial charge in [0.05, 0.1) is 8.66 Å². The number of thiophene rings is 1. The number of alkyl halides is 1. The first-order valence-electron chi connectivity index (χ1n) is 6.26. The molecule has 1 saturated carbocycles. The van der Waals surface area contributed by atoms with E-state index in [0.717, 1.165) is 40.0 Å². The van der Waals surface area contributed by atoms with Gasteiger partial charge in [0.15, 0.2) is 0 Å². The Bertz CT molecular complexity index is 411. The van der Waals surface area contributed by atoms with Crippen LogP contribution in [0.3, 0.4) is 0 Å². The third kappa shape index (κ3) is 3.09. The second kappa shape index (κ2) is 6.40. The molecule has 1 fully saturated rings. The molecule has 1 aromatic rings. The Balaban J connectivity index is 2.11. The first kappa shape index (κ1) is 14.4. The van der Waals surface area contributed by atoms with Crippen molar-refractivity contribution in [2.75, 3.05) is 12.4 Å². The lowest BCUT2D eigenvalue weighted by atomic mass is 9.91. The van der Waals surface area contributed by atoms with Crippen molar-refractivity contribution in [3.63, 3.8) is 0 Å². The van der Waals surface area contributed by atoms with Crippen LogP contribution in [0.1, 0.15) is 40.9 Å². The normalized spacial score (nSPS) is 15.5. The number of hydrogen-bond donors (Lipinski definition) is 0. The van der Waals surface area contributed by atoms with Crippen molar-refractivity contribution >= 4 is 44.8 Å². The summed E-state index contributed by atoms with van der Waals surface area (Å²) < 4.78 is 1.05. The largest absolute Gasteiger partial charge is 0.335 e. The molecule has 0 radical (unpaired) electrons. The fourth-order valence-corrected chi connectivity index (χ4v) is 3.70. The van der Waals surface area contributed by atoms with E-state index in [9.17, 15) is 4.79 Å². The molecule has 1 aliphatic rings. The number of aryl methyl sites for hydroxylation is 1. The molecular formula is C13H17BrClNOS. The van der Waals surface area contributed by atoms with Crippen LogP contribution >= 0.6 is 38.9 Å². The minimum absolute atomic E-state index is 0.170. The van der Waals surface area contributed by atoms with Crippen LogP contribution < -0.4 is 0 Å². The second-order valence-electron chi connectivity index (χ2n) is 4.69. The molecule has 0 saturated heterocycles. The Labute approximate surface area is 125 Å². The van der Waals surface area contributed by atoms with Gasteiger partial charge in [-0.1, -0.05) is 0 Å². The standard InChI is InChI=1S/C13H17BrClNOS/c1-9-8-11(18-12(9)14)13(17)16(7-3-6-15)10-4-2-5-10/h8,10H,2-7H2,1H3. The van der Waals surface area contributed by atoms with Gasteiger partial charge < -0.3 is 4.90 Å². The summed E-state index contributed by atoms with van der Waals surface area (Å²) in [6.07, 6.45) is 4.39. The highest BCUT2D eigenvalue weighted by Gasteiger charge is 2.29. The summed E-state index contributed by atoms with van der Waals surface area (Å²) in [5, 5.41) is 0. The summed E-state index contributed by atoms with van der Waals surface area (Å²) in [7, 11) is 0.